The third-order valence-electron chi connectivity index (χ3n) is 1.16. The topological polar surface area (TPSA) is 73.4 Å². The molecule has 0 fully saturated rings. The number of allylic oxidation sites excluding steroid dienone is 1. The molecule has 1 aromatic rings. The van der Waals surface area contributed by atoms with Gasteiger partial charge < -0.3 is 0 Å². The van der Waals surface area contributed by atoms with Gasteiger partial charge in [0.1, 0.15) is 17.7 Å². The first-order chi connectivity index (χ1) is 5.86. The van der Waals surface area contributed by atoms with E-state index in [0.717, 1.165) is 0 Å². The van der Waals surface area contributed by atoms with Crippen molar-refractivity contribution < 1.29 is 0 Å². The summed E-state index contributed by atoms with van der Waals surface area (Å²) in [5, 5.41) is 24.0. The molecule has 1 rings (SSSR count). The molecule has 4 nitrogen and oxygen atoms in total. The van der Waals surface area contributed by atoms with Crippen LogP contribution in [-0.2, 0) is 0 Å². The van der Waals surface area contributed by atoms with E-state index in [4.69, 9.17) is 10.5 Å². The van der Waals surface area contributed by atoms with Crippen LogP contribution in [0.4, 0.5) is 0 Å². The Balaban J connectivity index is 2.98. The summed E-state index contributed by atoms with van der Waals surface area (Å²) in [6, 6.07) is 5.17. The lowest BCUT2D eigenvalue weighted by Crippen LogP contribution is -1.80. The van der Waals surface area contributed by atoms with Crippen LogP contribution >= 0.6 is 0 Å². The average Bonchev–Trinajstić information content (AvgIpc) is 2.16. The molecule has 0 aromatic carbocycles. The molecule has 0 saturated carbocycles. The van der Waals surface area contributed by atoms with Gasteiger partial charge in [-0.1, -0.05) is 0 Å². The van der Waals surface area contributed by atoms with Crippen molar-refractivity contribution in [3.63, 3.8) is 0 Å². The van der Waals surface area contributed by atoms with E-state index in [1.165, 1.54) is 18.5 Å². The van der Waals surface area contributed by atoms with Crippen molar-refractivity contribution in [2.75, 3.05) is 0 Å². The van der Waals surface area contributed by atoms with Gasteiger partial charge in [-0.2, -0.15) is 20.7 Å². The van der Waals surface area contributed by atoms with Crippen LogP contribution in [0.5, 0.6) is 0 Å². The van der Waals surface area contributed by atoms with E-state index in [-0.39, 0.29) is 5.57 Å². The second-order valence-electron chi connectivity index (χ2n) is 1.96. The summed E-state index contributed by atoms with van der Waals surface area (Å²) in [5.74, 6) is 0. The maximum Gasteiger partial charge on any atom is 0.130 e. The quantitative estimate of drug-likeness (QED) is 0.566. The highest BCUT2D eigenvalue weighted by Gasteiger charge is 1.92. The number of nitrogens with zero attached hydrogens (tertiary/aromatic N) is 4. The first-order valence-electron chi connectivity index (χ1n) is 3.15. The summed E-state index contributed by atoms with van der Waals surface area (Å²) >= 11 is 0. The fourth-order valence-corrected chi connectivity index (χ4v) is 0.643. The molecule has 1 heterocycles. The number of hydrogen-bond donors (Lipinski definition) is 0. The largest absolute Gasteiger partial charge is 0.192 e. The Bertz CT molecular complexity index is 350. The second kappa shape index (κ2) is 3.85. The van der Waals surface area contributed by atoms with E-state index in [1.54, 1.807) is 18.2 Å². The van der Waals surface area contributed by atoms with Gasteiger partial charge in [-0.15, -0.1) is 0 Å². The minimum absolute atomic E-state index is 0.0583. The van der Waals surface area contributed by atoms with Gasteiger partial charge >= 0.3 is 0 Å². The summed E-state index contributed by atoms with van der Waals surface area (Å²) in [5.41, 5.74) is 0.756. The van der Waals surface area contributed by atoms with Crippen LogP contribution in [0, 0.1) is 22.7 Å². The summed E-state index contributed by atoms with van der Waals surface area (Å²) in [6.45, 7) is 0. The summed E-state index contributed by atoms with van der Waals surface area (Å²) in [7, 11) is 0. The molecule has 0 aliphatic rings. The lowest BCUT2D eigenvalue weighted by atomic mass is 10.2. The molecule has 12 heavy (non-hydrogen) atoms. The Morgan fingerprint density at radius 2 is 2.08 bits per heavy atom. The van der Waals surface area contributed by atoms with Gasteiger partial charge in [0.25, 0.3) is 0 Å². The van der Waals surface area contributed by atoms with Crippen LogP contribution in [0.25, 0.3) is 6.08 Å². The molecule has 0 radical (unpaired) electrons. The van der Waals surface area contributed by atoms with Crippen molar-refractivity contribution >= 4 is 6.08 Å². The monoisotopic (exact) mass is 156 g/mol. The maximum atomic E-state index is 8.41. The van der Waals surface area contributed by atoms with Crippen LogP contribution in [0.15, 0.2) is 24.0 Å². The van der Waals surface area contributed by atoms with Crippen LogP contribution in [0.1, 0.15) is 5.56 Å². The normalized spacial score (nSPS) is 7.83. The SMILES string of the molecule is N#CC(C#N)=Cc1ccnnc1. The van der Waals surface area contributed by atoms with Crippen molar-refractivity contribution in [1.82, 2.24) is 10.2 Å². The van der Waals surface area contributed by atoms with Crippen molar-refractivity contribution in [3.8, 4) is 12.1 Å². The van der Waals surface area contributed by atoms with Crippen molar-refractivity contribution in [3.05, 3.63) is 29.6 Å². The predicted molar refractivity (Wildman–Crippen MR) is 41.2 cm³/mol. The standard InChI is InChI=1S/C8H4N4/c9-4-8(5-10)3-7-1-2-11-12-6-7/h1-3,6H. The fraction of sp³-hybridized carbons (Fsp3) is 0. The third-order valence-corrected chi connectivity index (χ3v) is 1.16. The molecule has 4 heteroatoms. The van der Waals surface area contributed by atoms with Gasteiger partial charge in [0, 0.05) is 0 Å². The van der Waals surface area contributed by atoms with Crippen molar-refractivity contribution in [1.29, 1.82) is 10.5 Å². The van der Waals surface area contributed by atoms with Crippen molar-refractivity contribution in [2.24, 2.45) is 0 Å². The molecular weight excluding hydrogens is 152 g/mol. The smallest absolute Gasteiger partial charge is 0.130 e. The minimum atomic E-state index is 0.0583. The van der Waals surface area contributed by atoms with Gasteiger partial charge in [-0.3, -0.25) is 0 Å². The highest BCUT2D eigenvalue weighted by atomic mass is 15.1. The molecule has 0 saturated heterocycles. The molecule has 1 aromatic heterocycles. The highest BCUT2D eigenvalue weighted by molar-refractivity contribution is 5.60. The number of hydrogen-bond acceptors (Lipinski definition) is 4. The van der Waals surface area contributed by atoms with Gasteiger partial charge in [0.05, 0.1) is 12.4 Å². The molecule has 0 N–H and O–H groups in total. The van der Waals surface area contributed by atoms with E-state index in [0.29, 0.717) is 5.56 Å². The summed E-state index contributed by atoms with van der Waals surface area (Å²) < 4.78 is 0. The maximum absolute atomic E-state index is 8.41. The zero-order valence-corrected chi connectivity index (χ0v) is 6.10. The van der Waals surface area contributed by atoms with Crippen LogP contribution in [0.3, 0.4) is 0 Å². The van der Waals surface area contributed by atoms with Crippen LogP contribution in [-0.4, -0.2) is 10.2 Å². The molecular formula is C8H4N4. The van der Waals surface area contributed by atoms with Gasteiger partial charge in [-0.05, 0) is 17.7 Å². The van der Waals surface area contributed by atoms with E-state index >= 15 is 0 Å². The highest BCUT2D eigenvalue weighted by Crippen LogP contribution is 2.01. The van der Waals surface area contributed by atoms with E-state index in [1.807, 2.05) is 0 Å². The third kappa shape index (κ3) is 1.89. The number of nitriles is 2. The van der Waals surface area contributed by atoms with E-state index in [2.05, 4.69) is 10.2 Å². The second-order valence-corrected chi connectivity index (χ2v) is 1.96. The first-order valence-corrected chi connectivity index (χ1v) is 3.15. The predicted octanol–water partition coefficient (Wildman–Crippen LogP) is 0.907. The molecule has 0 amide bonds. The Kier molecular flexibility index (Phi) is 2.53. The van der Waals surface area contributed by atoms with Crippen LogP contribution < -0.4 is 0 Å². The van der Waals surface area contributed by atoms with E-state index in [9.17, 15) is 0 Å². The Labute approximate surface area is 69.4 Å². The Hall–Kier alpha value is -2.20. The fourth-order valence-electron chi connectivity index (χ4n) is 0.643. The molecule has 0 bridgehead atoms. The van der Waals surface area contributed by atoms with Gasteiger partial charge in [0.15, 0.2) is 0 Å². The van der Waals surface area contributed by atoms with Gasteiger partial charge in [0.2, 0.25) is 0 Å². The lowest BCUT2D eigenvalue weighted by Gasteiger charge is -1.87. The molecule has 56 valence electrons. The summed E-state index contributed by atoms with van der Waals surface area (Å²) in [6.07, 6.45) is 4.43. The molecule has 0 aliphatic heterocycles. The first kappa shape index (κ1) is 7.90. The minimum Gasteiger partial charge on any atom is -0.192 e. The number of aromatic nitrogens is 2. The Morgan fingerprint density at radius 3 is 2.58 bits per heavy atom. The zero-order chi connectivity index (χ0) is 8.81. The summed E-state index contributed by atoms with van der Waals surface area (Å²) in [4.78, 5) is 0. The Morgan fingerprint density at radius 1 is 1.33 bits per heavy atom. The molecule has 0 spiro atoms. The van der Waals surface area contributed by atoms with Crippen LogP contribution in [0.2, 0.25) is 0 Å². The average molecular weight is 156 g/mol. The zero-order valence-electron chi connectivity index (χ0n) is 6.10. The van der Waals surface area contributed by atoms with E-state index < -0.39 is 0 Å². The van der Waals surface area contributed by atoms with Crippen molar-refractivity contribution in [2.45, 2.75) is 0 Å². The lowest BCUT2D eigenvalue weighted by molar-refractivity contribution is 1.03. The molecule has 0 aliphatic carbocycles. The van der Waals surface area contributed by atoms with Gasteiger partial charge in [-0.25, -0.2) is 0 Å². The molecule has 0 unspecified atom stereocenters. The number of rotatable bonds is 1. The molecule has 0 atom stereocenters.